The van der Waals surface area contributed by atoms with Gasteiger partial charge in [0.25, 0.3) is 0 Å². The van der Waals surface area contributed by atoms with Crippen molar-refractivity contribution in [2.24, 2.45) is 11.7 Å². The number of thioether (sulfide) groups is 1. The minimum absolute atomic E-state index is 0.0738. The van der Waals surface area contributed by atoms with E-state index >= 15 is 0 Å². The first-order valence-corrected chi connectivity index (χ1v) is 11.5. The second-order valence-corrected chi connectivity index (χ2v) is 8.85. The van der Waals surface area contributed by atoms with Crippen LogP contribution in [0.2, 0.25) is 0 Å². The first-order valence-electron chi connectivity index (χ1n) is 10.1. The smallest absolute Gasteiger partial charge is 0.328 e. The van der Waals surface area contributed by atoms with Gasteiger partial charge in [-0.15, -0.1) is 0 Å². The fourth-order valence-corrected chi connectivity index (χ4v) is 3.67. The molecule has 0 aromatic heterocycles. The molecule has 0 spiro atoms. The number of hydrogen-bond donors (Lipinski definition) is 5. The lowest BCUT2D eigenvalue weighted by Crippen LogP contribution is -2.58. The predicted molar refractivity (Wildman–Crippen MR) is 114 cm³/mol. The van der Waals surface area contributed by atoms with E-state index in [0.717, 1.165) is 0 Å². The van der Waals surface area contributed by atoms with Gasteiger partial charge in [0.05, 0.1) is 12.1 Å². The summed E-state index contributed by atoms with van der Waals surface area (Å²) in [7, 11) is 0. The third kappa shape index (κ3) is 7.13. The molecular weight excluding hydrogens is 412 g/mol. The summed E-state index contributed by atoms with van der Waals surface area (Å²) in [6, 6.07) is -3.91. The maximum Gasteiger partial charge on any atom is 0.328 e. The second kappa shape index (κ2) is 12.1. The van der Waals surface area contributed by atoms with E-state index in [1.54, 1.807) is 0 Å². The molecule has 5 unspecified atom stereocenters. The Balaban J connectivity index is 2.90. The Hall–Kier alpha value is -1.85. The molecule has 6 N–H and O–H groups in total. The van der Waals surface area contributed by atoms with Crippen LogP contribution >= 0.6 is 11.8 Å². The van der Waals surface area contributed by atoms with E-state index < -0.39 is 48.1 Å². The van der Waals surface area contributed by atoms with E-state index in [2.05, 4.69) is 10.6 Å². The SMILES string of the molecule is CSCCC(NC(=O)C1CCCN1C(=O)C(N)C(C)C)C(=O)NC(C(=O)O)C(C)O. The average molecular weight is 447 g/mol. The molecule has 30 heavy (non-hydrogen) atoms. The highest BCUT2D eigenvalue weighted by atomic mass is 32.2. The molecule has 0 radical (unpaired) electrons. The summed E-state index contributed by atoms with van der Waals surface area (Å²) in [6.07, 6.45) is 1.93. The molecule has 0 bridgehead atoms. The van der Waals surface area contributed by atoms with Crippen molar-refractivity contribution >= 4 is 35.5 Å². The summed E-state index contributed by atoms with van der Waals surface area (Å²) in [5, 5.41) is 23.7. The number of carbonyl (C=O) groups excluding carboxylic acids is 3. The van der Waals surface area contributed by atoms with Crippen molar-refractivity contribution in [1.82, 2.24) is 15.5 Å². The number of hydrogen-bond acceptors (Lipinski definition) is 7. The quantitative estimate of drug-likeness (QED) is 0.274. The number of carboxylic acids is 1. The van der Waals surface area contributed by atoms with Gasteiger partial charge in [-0.3, -0.25) is 14.4 Å². The van der Waals surface area contributed by atoms with Crippen molar-refractivity contribution in [3.05, 3.63) is 0 Å². The van der Waals surface area contributed by atoms with Gasteiger partial charge in [0.2, 0.25) is 17.7 Å². The number of nitrogens with two attached hydrogens (primary N) is 1. The molecule has 5 atom stereocenters. The van der Waals surface area contributed by atoms with Crippen molar-refractivity contribution in [1.29, 1.82) is 0 Å². The van der Waals surface area contributed by atoms with Crippen LogP contribution in [0, 0.1) is 5.92 Å². The molecular formula is C19H34N4O6S. The third-order valence-electron chi connectivity index (χ3n) is 5.13. The number of amides is 3. The van der Waals surface area contributed by atoms with Gasteiger partial charge in [-0.2, -0.15) is 11.8 Å². The fourth-order valence-electron chi connectivity index (χ4n) is 3.19. The third-order valence-corrected chi connectivity index (χ3v) is 5.78. The zero-order valence-corrected chi connectivity index (χ0v) is 18.8. The lowest BCUT2D eigenvalue weighted by Gasteiger charge is -2.29. The maximum atomic E-state index is 12.9. The predicted octanol–water partition coefficient (Wildman–Crippen LogP) is -0.851. The Morgan fingerprint density at radius 3 is 2.33 bits per heavy atom. The Kier molecular flexibility index (Phi) is 10.6. The van der Waals surface area contributed by atoms with Crippen molar-refractivity contribution < 1.29 is 29.4 Å². The Morgan fingerprint density at radius 2 is 1.83 bits per heavy atom. The first kappa shape index (κ1) is 26.2. The molecule has 0 aromatic carbocycles. The molecule has 11 heteroatoms. The molecule has 1 aliphatic heterocycles. The molecule has 1 aliphatic rings. The summed E-state index contributed by atoms with van der Waals surface area (Å²) in [4.78, 5) is 50.9. The van der Waals surface area contributed by atoms with Gasteiger partial charge in [0.1, 0.15) is 12.1 Å². The molecule has 3 amide bonds. The number of likely N-dealkylation sites (tertiary alicyclic amines) is 1. The van der Waals surface area contributed by atoms with E-state index in [-0.39, 0.29) is 18.2 Å². The molecule has 1 fully saturated rings. The highest BCUT2D eigenvalue weighted by Gasteiger charge is 2.38. The summed E-state index contributed by atoms with van der Waals surface area (Å²) in [5.41, 5.74) is 5.96. The summed E-state index contributed by atoms with van der Waals surface area (Å²) < 4.78 is 0. The van der Waals surface area contributed by atoms with Crippen LogP contribution in [0.5, 0.6) is 0 Å². The van der Waals surface area contributed by atoms with Gasteiger partial charge in [0, 0.05) is 6.54 Å². The van der Waals surface area contributed by atoms with Crippen LogP contribution in [0.1, 0.15) is 40.0 Å². The number of aliphatic carboxylic acids is 1. The van der Waals surface area contributed by atoms with E-state index in [1.807, 2.05) is 20.1 Å². The number of nitrogens with zero attached hydrogens (tertiary/aromatic N) is 1. The highest BCUT2D eigenvalue weighted by Crippen LogP contribution is 2.20. The number of nitrogens with one attached hydrogen (secondary N) is 2. The van der Waals surface area contributed by atoms with Crippen LogP contribution in [0.4, 0.5) is 0 Å². The molecule has 1 rings (SSSR count). The number of rotatable bonds is 11. The molecule has 1 saturated heterocycles. The van der Waals surface area contributed by atoms with Crippen molar-refractivity contribution in [3.63, 3.8) is 0 Å². The van der Waals surface area contributed by atoms with Crippen LogP contribution in [-0.2, 0) is 19.2 Å². The van der Waals surface area contributed by atoms with E-state index in [4.69, 9.17) is 5.73 Å². The van der Waals surface area contributed by atoms with Gasteiger partial charge in [0.15, 0.2) is 6.04 Å². The van der Waals surface area contributed by atoms with Crippen LogP contribution in [0.25, 0.3) is 0 Å². The van der Waals surface area contributed by atoms with E-state index in [0.29, 0.717) is 25.1 Å². The van der Waals surface area contributed by atoms with Gasteiger partial charge in [-0.25, -0.2) is 4.79 Å². The minimum atomic E-state index is -1.49. The largest absolute Gasteiger partial charge is 0.480 e. The first-order chi connectivity index (χ1) is 14.0. The molecule has 172 valence electrons. The summed E-state index contributed by atoms with van der Waals surface area (Å²) in [6.45, 7) is 5.34. The minimum Gasteiger partial charge on any atom is -0.480 e. The summed E-state index contributed by atoms with van der Waals surface area (Å²) >= 11 is 1.47. The van der Waals surface area contributed by atoms with E-state index in [9.17, 15) is 29.4 Å². The van der Waals surface area contributed by atoms with Crippen molar-refractivity contribution in [2.75, 3.05) is 18.6 Å². The zero-order valence-electron chi connectivity index (χ0n) is 18.0. The Morgan fingerprint density at radius 1 is 1.20 bits per heavy atom. The van der Waals surface area contributed by atoms with Crippen molar-refractivity contribution in [2.45, 2.75) is 70.3 Å². The van der Waals surface area contributed by atoms with Gasteiger partial charge >= 0.3 is 5.97 Å². The zero-order chi connectivity index (χ0) is 23.0. The Bertz CT molecular complexity index is 630. The Labute approximate surface area is 181 Å². The molecule has 0 saturated carbocycles. The molecule has 0 aromatic rings. The lowest BCUT2D eigenvalue weighted by atomic mass is 10.0. The van der Waals surface area contributed by atoms with E-state index in [1.165, 1.54) is 23.6 Å². The molecule has 10 nitrogen and oxygen atoms in total. The standard InChI is InChI=1S/C19H34N4O6S/c1-10(2)14(20)18(27)23-8-5-6-13(23)17(26)21-12(7-9-30-4)16(25)22-15(11(3)24)19(28)29/h10-15,24H,5-9,20H2,1-4H3,(H,21,26)(H,22,25)(H,28,29). The second-order valence-electron chi connectivity index (χ2n) is 7.87. The number of aliphatic hydroxyl groups is 1. The molecule has 1 heterocycles. The highest BCUT2D eigenvalue weighted by molar-refractivity contribution is 7.98. The topological polar surface area (TPSA) is 162 Å². The average Bonchev–Trinajstić information content (AvgIpc) is 3.16. The van der Waals surface area contributed by atoms with Crippen LogP contribution in [0.15, 0.2) is 0 Å². The van der Waals surface area contributed by atoms with Gasteiger partial charge in [-0.1, -0.05) is 13.8 Å². The van der Waals surface area contributed by atoms with Crippen LogP contribution < -0.4 is 16.4 Å². The van der Waals surface area contributed by atoms with Gasteiger partial charge < -0.3 is 31.5 Å². The lowest BCUT2D eigenvalue weighted by molar-refractivity contribution is -0.145. The normalized spacial score (nSPS) is 20.4. The molecule has 0 aliphatic carbocycles. The summed E-state index contributed by atoms with van der Waals surface area (Å²) in [5.74, 6) is -2.36. The number of aliphatic hydroxyl groups excluding tert-OH is 1. The monoisotopic (exact) mass is 446 g/mol. The van der Waals surface area contributed by atoms with Crippen LogP contribution in [0.3, 0.4) is 0 Å². The maximum absolute atomic E-state index is 12.9. The fraction of sp³-hybridized carbons (Fsp3) is 0.789. The number of carboxylic acid groups (broad SMARTS) is 1. The van der Waals surface area contributed by atoms with Gasteiger partial charge in [-0.05, 0) is 44.1 Å². The van der Waals surface area contributed by atoms with Crippen molar-refractivity contribution in [3.8, 4) is 0 Å². The number of carbonyl (C=O) groups is 4. The van der Waals surface area contributed by atoms with Crippen LogP contribution in [-0.4, -0.2) is 87.6 Å².